The molecule has 0 aliphatic carbocycles. The third kappa shape index (κ3) is 3.94. The molecule has 2 fully saturated rings. The molecule has 28 heavy (non-hydrogen) atoms. The van der Waals surface area contributed by atoms with Crippen molar-refractivity contribution in [3.8, 4) is 0 Å². The summed E-state index contributed by atoms with van der Waals surface area (Å²) in [5, 5.41) is 7.41. The third-order valence-corrected chi connectivity index (χ3v) is 5.78. The molecular formula is C21H27N5O2. The lowest BCUT2D eigenvalue weighted by Crippen LogP contribution is -2.49. The van der Waals surface area contributed by atoms with Crippen LogP contribution in [0.3, 0.4) is 0 Å². The van der Waals surface area contributed by atoms with Gasteiger partial charge in [0.15, 0.2) is 0 Å². The number of likely N-dealkylation sites (tertiary alicyclic amines) is 1. The zero-order chi connectivity index (χ0) is 19.5. The summed E-state index contributed by atoms with van der Waals surface area (Å²) < 4.78 is 1.59. The molecule has 0 bridgehead atoms. The predicted octanol–water partition coefficient (Wildman–Crippen LogP) is 2.12. The number of anilines is 2. The standard InChI is InChI=1S/C21H27N5O2/c1-16(21(28)23-17-7-3-2-4-8-17)25-10-5-9-18(15-25)26-20(27)13-19(14-22-26)24-11-6-12-24/h2-4,7-8,13-14,16,18H,5-6,9-12,15H2,1H3,(H,23,28)/t16-,18-/m0/s1. The van der Waals surface area contributed by atoms with Crippen molar-refractivity contribution in [1.82, 2.24) is 14.7 Å². The van der Waals surface area contributed by atoms with Crippen LogP contribution in [-0.4, -0.2) is 52.8 Å². The summed E-state index contributed by atoms with van der Waals surface area (Å²) in [4.78, 5) is 29.6. The Morgan fingerprint density at radius 3 is 2.64 bits per heavy atom. The molecule has 4 rings (SSSR count). The molecule has 2 atom stereocenters. The van der Waals surface area contributed by atoms with E-state index in [1.54, 1.807) is 16.9 Å². The number of rotatable bonds is 5. The summed E-state index contributed by atoms with van der Waals surface area (Å²) in [6, 6.07) is 10.9. The van der Waals surface area contributed by atoms with Crippen LogP contribution in [0.25, 0.3) is 0 Å². The van der Waals surface area contributed by atoms with Gasteiger partial charge in [-0.15, -0.1) is 0 Å². The highest BCUT2D eigenvalue weighted by Gasteiger charge is 2.29. The molecule has 2 aliphatic rings. The first kappa shape index (κ1) is 18.7. The van der Waals surface area contributed by atoms with Gasteiger partial charge in [0.1, 0.15) is 0 Å². The van der Waals surface area contributed by atoms with Crippen molar-refractivity contribution >= 4 is 17.3 Å². The van der Waals surface area contributed by atoms with E-state index in [0.29, 0.717) is 6.54 Å². The number of carbonyl (C=O) groups excluding carboxylic acids is 1. The Balaban J connectivity index is 1.42. The van der Waals surface area contributed by atoms with E-state index < -0.39 is 0 Å². The highest BCUT2D eigenvalue weighted by molar-refractivity contribution is 5.94. The van der Waals surface area contributed by atoms with Crippen LogP contribution in [-0.2, 0) is 4.79 Å². The van der Waals surface area contributed by atoms with E-state index >= 15 is 0 Å². The summed E-state index contributed by atoms with van der Waals surface area (Å²) in [6.45, 7) is 5.41. The van der Waals surface area contributed by atoms with Gasteiger partial charge in [-0.2, -0.15) is 5.10 Å². The van der Waals surface area contributed by atoms with Crippen molar-refractivity contribution < 1.29 is 4.79 Å². The fourth-order valence-electron chi connectivity index (χ4n) is 3.90. The first-order valence-corrected chi connectivity index (χ1v) is 10.1. The summed E-state index contributed by atoms with van der Waals surface area (Å²) in [5.74, 6) is -0.0275. The molecule has 1 N–H and O–H groups in total. The van der Waals surface area contributed by atoms with Crippen LogP contribution in [0.2, 0.25) is 0 Å². The lowest BCUT2D eigenvalue weighted by Gasteiger charge is -2.36. The number of benzene rings is 1. The predicted molar refractivity (Wildman–Crippen MR) is 110 cm³/mol. The lowest BCUT2D eigenvalue weighted by molar-refractivity contribution is -0.121. The summed E-state index contributed by atoms with van der Waals surface area (Å²) >= 11 is 0. The molecule has 2 saturated heterocycles. The van der Waals surface area contributed by atoms with Crippen molar-refractivity contribution in [2.24, 2.45) is 0 Å². The van der Waals surface area contributed by atoms with Crippen LogP contribution in [0.4, 0.5) is 11.4 Å². The maximum atomic E-state index is 12.6. The summed E-state index contributed by atoms with van der Waals surface area (Å²) in [7, 11) is 0. The lowest BCUT2D eigenvalue weighted by atomic mass is 10.0. The molecule has 0 spiro atoms. The molecule has 0 unspecified atom stereocenters. The molecule has 0 radical (unpaired) electrons. The Morgan fingerprint density at radius 1 is 1.18 bits per heavy atom. The van der Waals surface area contributed by atoms with E-state index in [1.807, 2.05) is 37.3 Å². The number of carbonyl (C=O) groups is 1. The van der Waals surface area contributed by atoms with Gasteiger partial charge < -0.3 is 10.2 Å². The zero-order valence-electron chi connectivity index (χ0n) is 16.3. The van der Waals surface area contributed by atoms with Gasteiger partial charge in [-0.1, -0.05) is 18.2 Å². The van der Waals surface area contributed by atoms with E-state index in [-0.39, 0.29) is 23.6 Å². The van der Waals surface area contributed by atoms with Crippen molar-refractivity contribution in [2.75, 3.05) is 36.4 Å². The fraction of sp³-hybridized carbons (Fsp3) is 0.476. The van der Waals surface area contributed by atoms with Gasteiger partial charge in [-0.05, 0) is 44.9 Å². The minimum atomic E-state index is -0.265. The average Bonchev–Trinajstić information content (AvgIpc) is 2.67. The van der Waals surface area contributed by atoms with Gasteiger partial charge in [0.25, 0.3) is 5.56 Å². The number of aromatic nitrogens is 2. The Labute approximate surface area is 165 Å². The van der Waals surface area contributed by atoms with Crippen molar-refractivity contribution in [3.05, 3.63) is 52.9 Å². The fourth-order valence-corrected chi connectivity index (χ4v) is 3.90. The minimum absolute atomic E-state index is 0.00124. The highest BCUT2D eigenvalue weighted by Crippen LogP contribution is 2.23. The first-order valence-electron chi connectivity index (χ1n) is 10.1. The number of piperidine rings is 1. The number of nitrogens with zero attached hydrogens (tertiary/aromatic N) is 4. The Kier molecular flexibility index (Phi) is 5.43. The van der Waals surface area contributed by atoms with Gasteiger partial charge in [0.2, 0.25) is 5.91 Å². The van der Waals surface area contributed by atoms with Crippen molar-refractivity contribution in [3.63, 3.8) is 0 Å². The SMILES string of the molecule is C[C@@H](C(=O)Nc1ccccc1)N1CCC[C@H](n2ncc(N3CCC3)cc2=O)C1. The normalized spacial score (nSPS) is 21.0. The second-order valence-electron chi connectivity index (χ2n) is 7.66. The Bertz CT molecular complexity index is 878. The van der Waals surface area contributed by atoms with Gasteiger partial charge >= 0.3 is 0 Å². The Morgan fingerprint density at radius 2 is 1.96 bits per heavy atom. The number of amides is 1. The molecule has 2 aromatic rings. The van der Waals surface area contributed by atoms with Crippen LogP contribution in [0, 0.1) is 0 Å². The molecule has 0 saturated carbocycles. The van der Waals surface area contributed by atoms with Gasteiger partial charge in [-0.3, -0.25) is 14.5 Å². The van der Waals surface area contributed by atoms with Crippen LogP contribution >= 0.6 is 0 Å². The van der Waals surface area contributed by atoms with E-state index in [9.17, 15) is 9.59 Å². The second-order valence-corrected chi connectivity index (χ2v) is 7.66. The van der Waals surface area contributed by atoms with Gasteiger partial charge in [0, 0.05) is 31.4 Å². The number of para-hydroxylation sites is 1. The summed E-state index contributed by atoms with van der Waals surface area (Å²) in [5.41, 5.74) is 1.65. The molecule has 1 amide bonds. The largest absolute Gasteiger partial charge is 0.370 e. The molecule has 3 heterocycles. The number of nitrogens with one attached hydrogen (secondary N) is 1. The van der Waals surface area contributed by atoms with Crippen molar-refractivity contribution in [1.29, 1.82) is 0 Å². The molecule has 1 aromatic carbocycles. The topological polar surface area (TPSA) is 70.5 Å². The maximum absolute atomic E-state index is 12.6. The quantitative estimate of drug-likeness (QED) is 0.859. The third-order valence-electron chi connectivity index (χ3n) is 5.78. The van der Waals surface area contributed by atoms with E-state index in [4.69, 9.17) is 0 Å². The van der Waals surface area contributed by atoms with Gasteiger partial charge in [0.05, 0.1) is 24.0 Å². The van der Waals surface area contributed by atoms with E-state index in [1.165, 1.54) is 6.42 Å². The molecule has 1 aromatic heterocycles. The first-order chi connectivity index (χ1) is 13.6. The minimum Gasteiger partial charge on any atom is -0.370 e. The van der Waals surface area contributed by atoms with Crippen LogP contribution in [0.5, 0.6) is 0 Å². The average molecular weight is 381 g/mol. The molecule has 7 nitrogen and oxygen atoms in total. The number of hydrogen-bond donors (Lipinski definition) is 1. The van der Waals surface area contributed by atoms with Crippen molar-refractivity contribution in [2.45, 2.75) is 38.3 Å². The van der Waals surface area contributed by atoms with Crippen LogP contribution in [0.15, 0.2) is 47.4 Å². The smallest absolute Gasteiger partial charge is 0.269 e. The Hall–Kier alpha value is -2.67. The van der Waals surface area contributed by atoms with E-state index in [0.717, 1.165) is 43.9 Å². The maximum Gasteiger partial charge on any atom is 0.269 e. The monoisotopic (exact) mass is 381 g/mol. The number of hydrogen-bond acceptors (Lipinski definition) is 5. The van der Waals surface area contributed by atoms with Gasteiger partial charge in [-0.25, -0.2) is 4.68 Å². The summed E-state index contributed by atoms with van der Waals surface area (Å²) in [6.07, 6.45) is 4.81. The zero-order valence-corrected chi connectivity index (χ0v) is 16.3. The molecule has 148 valence electrons. The second kappa shape index (κ2) is 8.14. The van der Waals surface area contributed by atoms with Crippen LogP contribution < -0.4 is 15.8 Å². The molecule has 7 heteroatoms. The van der Waals surface area contributed by atoms with E-state index in [2.05, 4.69) is 20.2 Å². The van der Waals surface area contributed by atoms with Crippen LogP contribution in [0.1, 0.15) is 32.2 Å². The highest BCUT2D eigenvalue weighted by atomic mass is 16.2. The molecular weight excluding hydrogens is 354 g/mol. The molecule has 2 aliphatic heterocycles.